The molecule has 2 heterocycles. The van der Waals surface area contributed by atoms with Gasteiger partial charge in [0.15, 0.2) is 0 Å². The Kier molecular flexibility index (Phi) is 4.68. The van der Waals surface area contributed by atoms with Gasteiger partial charge < -0.3 is 9.15 Å². The van der Waals surface area contributed by atoms with E-state index in [0.717, 1.165) is 21.3 Å². The number of tetrazole rings is 1. The summed E-state index contributed by atoms with van der Waals surface area (Å²) in [6, 6.07) is 14.8. The molecule has 0 bridgehead atoms. The van der Waals surface area contributed by atoms with Crippen molar-refractivity contribution in [1.29, 1.82) is 0 Å². The van der Waals surface area contributed by atoms with Crippen LogP contribution >= 0.6 is 15.9 Å². The van der Waals surface area contributed by atoms with Crippen molar-refractivity contribution >= 4 is 15.9 Å². The second-order valence-corrected chi connectivity index (χ2v) is 6.71. The lowest BCUT2D eigenvalue weighted by atomic mass is 10.2. The highest BCUT2D eigenvalue weighted by atomic mass is 79.9. The minimum atomic E-state index is -0.346. The van der Waals surface area contributed by atoms with Crippen LogP contribution in [0.5, 0.6) is 5.75 Å². The number of halogens is 1. The minimum Gasteiger partial charge on any atom is -0.497 e. The summed E-state index contributed by atoms with van der Waals surface area (Å²) in [5.41, 5.74) is 1.69. The highest BCUT2D eigenvalue weighted by Crippen LogP contribution is 2.24. The van der Waals surface area contributed by atoms with Crippen molar-refractivity contribution in [3.05, 3.63) is 58.9 Å². The van der Waals surface area contributed by atoms with Gasteiger partial charge in [-0.15, -0.1) is 20.4 Å². The third kappa shape index (κ3) is 3.59. The molecule has 0 spiro atoms. The van der Waals surface area contributed by atoms with Crippen LogP contribution in [0.4, 0.5) is 0 Å². The van der Waals surface area contributed by atoms with Crippen molar-refractivity contribution < 1.29 is 9.15 Å². The van der Waals surface area contributed by atoms with Gasteiger partial charge in [0, 0.05) is 15.6 Å². The number of ether oxygens (including phenoxy) is 1. The highest BCUT2D eigenvalue weighted by Gasteiger charge is 2.20. The average Bonchev–Trinajstić information content (AvgIpc) is 3.38. The topological polar surface area (TPSA) is 91.8 Å². The Bertz CT molecular complexity index is 1040. The standard InChI is InChI=1S/C18H15BrN6O2/c1-11(25-23-16(20-24-25)12-3-7-14(19)8-4-12)17-21-22-18(27-17)13-5-9-15(26-2)10-6-13/h3-11H,1-2H3/t11-/m1/s1. The van der Waals surface area contributed by atoms with Gasteiger partial charge in [-0.1, -0.05) is 15.9 Å². The maximum absolute atomic E-state index is 5.79. The fourth-order valence-corrected chi connectivity index (χ4v) is 2.72. The molecule has 0 aliphatic carbocycles. The summed E-state index contributed by atoms with van der Waals surface area (Å²) in [6.07, 6.45) is 0. The molecule has 4 aromatic rings. The molecule has 2 aromatic heterocycles. The molecule has 0 amide bonds. The lowest BCUT2D eigenvalue weighted by molar-refractivity contribution is 0.382. The van der Waals surface area contributed by atoms with Gasteiger partial charge in [0.1, 0.15) is 11.8 Å². The first-order valence-electron chi connectivity index (χ1n) is 8.17. The Morgan fingerprint density at radius 2 is 1.67 bits per heavy atom. The van der Waals surface area contributed by atoms with Crippen molar-refractivity contribution in [2.24, 2.45) is 0 Å². The summed E-state index contributed by atoms with van der Waals surface area (Å²) in [6.45, 7) is 1.87. The Morgan fingerprint density at radius 3 is 2.37 bits per heavy atom. The number of hydrogen-bond acceptors (Lipinski definition) is 7. The molecule has 136 valence electrons. The summed E-state index contributed by atoms with van der Waals surface area (Å²) in [5.74, 6) is 2.12. The number of hydrogen-bond donors (Lipinski definition) is 0. The predicted molar refractivity (Wildman–Crippen MR) is 101 cm³/mol. The minimum absolute atomic E-state index is 0.346. The molecule has 8 nitrogen and oxygen atoms in total. The Labute approximate surface area is 163 Å². The molecule has 0 saturated carbocycles. The zero-order chi connectivity index (χ0) is 18.8. The molecule has 4 rings (SSSR count). The molecule has 0 unspecified atom stereocenters. The van der Waals surface area contributed by atoms with E-state index >= 15 is 0 Å². The van der Waals surface area contributed by atoms with Crippen LogP contribution in [0.2, 0.25) is 0 Å². The van der Waals surface area contributed by atoms with Crippen LogP contribution in [0.15, 0.2) is 57.4 Å². The molecule has 1 atom stereocenters. The molecular formula is C18H15BrN6O2. The van der Waals surface area contributed by atoms with E-state index < -0.39 is 0 Å². The Morgan fingerprint density at radius 1 is 0.963 bits per heavy atom. The van der Waals surface area contributed by atoms with E-state index in [4.69, 9.17) is 9.15 Å². The maximum atomic E-state index is 5.79. The van der Waals surface area contributed by atoms with Gasteiger partial charge in [0.25, 0.3) is 0 Å². The van der Waals surface area contributed by atoms with Gasteiger partial charge in [-0.3, -0.25) is 0 Å². The zero-order valence-electron chi connectivity index (χ0n) is 14.6. The van der Waals surface area contributed by atoms with Crippen LogP contribution in [0.1, 0.15) is 18.9 Å². The molecule has 0 N–H and O–H groups in total. The fourth-order valence-electron chi connectivity index (χ4n) is 2.46. The largest absolute Gasteiger partial charge is 0.497 e. The molecular weight excluding hydrogens is 412 g/mol. The summed E-state index contributed by atoms with van der Waals surface area (Å²) >= 11 is 3.41. The van der Waals surface area contributed by atoms with Gasteiger partial charge in [0.2, 0.25) is 17.6 Å². The first kappa shape index (κ1) is 17.3. The first-order chi connectivity index (χ1) is 13.1. The van der Waals surface area contributed by atoms with Crippen LogP contribution in [0.3, 0.4) is 0 Å². The van der Waals surface area contributed by atoms with Crippen molar-refractivity contribution in [2.45, 2.75) is 13.0 Å². The predicted octanol–water partition coefficient (Wildman–Crippen LogP) is 3.77. The molecule has 0 saturated heterocycles. The van der Waals surface area contributed by atoms with Crippen LogP contribution in [-0.4, -0.2) is 37.5 Å². The monoisotopic (exact) mass is 426 g/mol. The Hall–Kier alpha value is -3.07. The van der Waals surface area contributed by atoms with Crippen LogP contribution in [0, 0.1) is 0 Å². The lowest BCUT2D eigenvalue weighted by Crippen LogP contribution is -2.11. The van der Waals surface area contributed by atoms with Crippen LogP contribution < -0.4 is 4.74 Å². The summed E-state index contributed by atoms with van der Waals surface area (Å²) < 4.78 is 11.9. The van der Waals surface area contributed by atoms with E-state index in [9.17, 15) is 0 Å². The number of rotatable bonds is 5. The van der Waals surface area contributed by atoms with E-state index in [1.54, 1.807) is 7.11 Å². The van der Waals surface area contributed by atoms with Crippen molar-refractivity contribution in [3.8, 4) is 28.6 Å². The number of aromatic nitrogens is 6. The molecule has 0 aliphatic heterocycles. The van der Waals surface area contributed by atoms with E-state index in [0.29, 0.717) is 17.6 Å². The number of nitrogens with zero attached hydrogens (tertiary/aromatic N) is 6. The van der Waals surface area contributed by atoms with Crippen LogP contribution in [-0.2, 0) is 0 Å². The summed E-state index contributed by atoms with van der Waals surface area (Å²) in [7, 11) is 1.62. The van der Waals surface area contributed by atoms with E-state index in [1.807, 2.05) is 55.5 Å². The fraction of sp³-hybridized carbons (Fsp3) is 0.167. The lowest BCUT2D eigenvalue weighted by Gasteiger charge is -2.03. The smallest absolute Gasteiger partial charge is 0.247 e. The third-order valence-corrected chi connectivity index (χ3v) is 4.54. The second kappa shape index (κ2) is 7.28. The number of benzene rings is 2. The number of methoxy groups -OCH3 is 1. The second-order valence-electron chi connectivity index (χ2n) is 5.79. The van der Waals surface area contributed by atoms with E-state index in [2.05, 4.69) is 41.5 Å². The SMILES string of the molecule is COc1ccc(-c2nnc([C@@H](C)n3nnc(-c4ccc(Br)cc4)n3)o2)cc1. The van der Waals surface area contributed by atoms with Crippen molar-refractivity contribution in [1.82, 2.24) is 30.4 Å². The average molecular weight is 427 g/mol. The van der Waals surface area contributed by atoms with E-state index in [1.165, 1.54) is 4.80 Å². The molecule has 0 aliphatic rings. The molecule has 2 aromatic carbocycles. The van der Waals surface area contributed by atoms with Gasteiger partial charge in [-0.05, 0) is 60.7 Å². The highest BCUT2D eigenvalue weighted by molar-refractivity contribution is 9.10. The first-order valence-corrected chi connectivity index (χ1v) is 8.96. The van der Waals surface area contributed by atoms with Crippen LogP contribution in [0.25, 0.3) is 22.8 Å². The summed E-state index contributed by atoms with van der Waals surface area (Å²) in [5, 5.41) is 20.9. The molecule has 0 radical (unpaired) electrons. The molecule has 27 heavy (non-hydrogen) atoms. The normalized spacial score (nSPS) is 12.1. The molecule has 9 heteroatoms. The van der Waals surface area contributed by atoms with Crippen molar-refractivity contribution in [3.63, 3.8) is 0 Å². The van der Waals surface area contributed by atoms with Gasteiger partial charge in [-0.2, -0.15) is 4.80 Å². The summed E-state index contributed by atoms with van der Waals surface area (Å²) in [4.78, 5) is 1.46. The Balaban J connectivity index is 1.55. The van der Waals surface area contributed by atoms with Gasteiger partial charge in [0.05, 0.1) is 7.11 Å². The van der Waals surface area contributed by atoms with E-state index in [-0.39, 0.29) is 6.04 Å². The van der Waals surface area contributed by atoms with Gasteiger partial charge >= 0.3 is 0 Å². The molecule has 0 fully saturated rings. The van der Waals surface area contributed by atoms with Crippen molar-refractivity contribution in [2.75, 3.05) is 7.11 Å². The zero-order valence-corrected chi connectivity index (χ0v) is 16.2. The maximum Gasteiger partial charge on any atom is 0.247 e. The third-order valence-electron chi connectivity index (χ3n) is 4.01. The van der Waals surface area contributed by atoms with Gasteiger partial charge in [-0.25, -0.2) is 0 Å². The quantitative estimate of drug-likeness (QED) is 0.479.